The lowest BCUT2D eigenvalue weighted by molar-refractivity contribution is -0.127. The summed E-state index contributed by atoms with van der Waals surface area (Å²) in [7, 11) is 1.54. The molecule has 5 rings (SSSR count). The van der Waals surface area contributed by atoms with Crippen LogP contribution in [0.5, 0.6) is 5.75 Å². The average Bonchev–Trinajstić information content (AvgIpc) is 3.39. The summed E-state index contributed by atoms with van der Waals surface area (Å²) >= 11 is 3.49. The van der Waals surface area contributed by atoms with Crippen molar-refractivity contribution < 1.29 is 23.8 Å². The summed E-state index contributed by atoms with van der Waals surface area (Å²) in [5.74, 6) is 0.582. The number of rotatable bonds is 7. The monoisotopic (exact) mass is 636 g/mol. The summed E-state index contributed by atoms with van der Waals surface area (Å²) in [4.78, 5) is 30.6. The molecule has 1 unspecified atom stereocenters. The number of methoxy groups -OCH3 is 1. The van der Waals surface area contributed by atoms with Gasteiger partial charge in [-0.05, 0) is 70.2 Å². The van der Waals surface area contributed by atoms with E-state index < -0.39 is 6.04 Å². The van der Waals surface area contributed by atoms with E-state index in [1.54, 1.807) is 30.2 Å². The van der Waals surface area contributed by atoms with Gasteiger partial charge in [-0.15, -0.1) is 0 Å². The minimum Gasteiger partial charge on any atom is -0.466 e. The van der Waals surface area contributed by atoms with Gasteiger partial charge in [0.1, 0.15) is 5.75 Å². The lowest BCUT2D eigenvalue weighted by Crippen LogP contribution is -2.47. The SMILES string of the molecule is C=CC(=O)N1CCOCc2nn(-c3ccc(C(C)C)cc3C)c3c2C(C1)N(C(=O)c1ccc(Br)c(OCOC)c1)CC3. The van der Waals surface area contributed by atoms with E-state index in [4.69, 9.17) is 19.3 Å². The molecule has 0 saturated heterocycles. The minimum absolute atomic E-state index is 0.0602. The predicted octanol–water partition coefficient (Wildman–Crippen LogP) is 5.33. The molecule has 3 aromatic rings. The molecule has 0 saturated carbocycles. The smallest absolute Gasteiger partial charge is 0.254 e. The molecule has 222 valence electrons. The molecule has 9 nitrogen and oxygen atoms in total. The van der Waals surface area contributed by atoms with Gasteiger partial charge in [0.05, 0.1) is 40.8 Å². The zero-order chi connectivity index (χ0) is 30.0. The molecule has 0 aliphatic carbocycles. The Kier molecular flexibility index (Phi) is 9.15. The topological polar surface area (TPSA) is 86.1 Å². The quantitative estimate of drug-likeness (QED) is 0.257. The van der Waals surface area contributed by atoms with Crippen LogP contribution in [0.2, 0.25) is 0 Å². The second-order valence-corrected chi connectivity index (χ2v) is 11.8. The second kappa shape index (κ2) is 12.8. The van der Waals surface area contributed by atoms with Gasteiger partial charge in [0.25, 0.3) is 5.91 Å². The minimum atomic E-state index is -0.419. The van der Waals surface area contributed by atoms with Crippen LogP contribution in [0.3, 0.4) is 0 Å². The Morgan fingerprint density at radius 2 is 2.02 bits per heavy atom. The van der Waals surface area contributed by atoms with Crippen LogP contribution in [0.25, 0.3) is 5.69 Å². The molecule has 10 heteroatoms. The van der Waals surface area contributed by atoms with Gasteiger partial charge < -0.3 is 24.0 Å². The molecule has 0 fully saturated rings. The highest BCUT2D eigenvalue weighted by Crippen LogP contribution is 2.38. The van der Waals surface area contributed by atoms with Crippen LogP contribution in [0, 0.1) is 6.92 Å². The Hall–Kier alpha value is -3.47. The Labute approximate surface area is 255 Å². The van der Waals surface area contributed by atoms with Gasteiger partial charge in [0.15, 0.2) is 6.79 Å². The van der Waals surface area contributed by atoms with Gasteiger partial charge in [-0.1, -0.05) is 32.6 Å². The van der Waals surface area contributed by atoms with E-state index >= 15 is 0 Å². The molecule has 42 heavy (non-hydrogen) atoms. The molecule has 2 aromatic carbocycles. The zero-order valence-corrected chi connectivity index (χ0v) is 26.1. The highest BCUT2D eigenvalue weighted by Gasteiger charge is 2.39. The highest BCUT2D eigenvalue weighted by atomic mass is 79.9. The highest BCUT2D eigenvalue weighted by molar-refractivity contribution is 9.10. The van der Waals surface area contributed by atoms with Crippen LogP contribution >= 0.6 is 15.9 Å². The van der Waals surface area contributed by atoms with Crippen molar-refractivity contribution in [3.8, 4) is 11.4 Å². The molecule has 1 aromatic heterocycles. The number of benzene rings is 2. The van der Waals surface area contributed by atoms with E-state index in [0.29, 0.717) is 56.5 Å². The lowest BCUT2D eigenvalue weighted by atomic mass is 9.94. The van der Waals surface area contributed by atoms with Crippen molar-refractivity contribution in [3.63, 3.8) is 0 Å². The third-order valence-corrected chi connectivity index (χ3v) is 8.56. The lowest BCUT2D eigenvalue weighted by Gasteiger charge is -2.39. The van der Waals surface area contributed by atoms with E-state index in [-0.39, 0.29) is 18.6 Å². The van der Waals surface area contributed by atoms with Crippen LogP contribution in [0.1, 0.15) is 64.2 Å². The fraction of sp³-hybridized carbons (Fsp3) is 0.406. The third kappa shape index (κ3) is 5.88. The summed E-state index contributed by atoms with van der Waals surface area (Å²) in [5.41, 5.74) is 6.65. The van der Waals surface area contributed by atoms with Gasteiger partial charge in [0, 0.05) is 44.3 Å². The first kappa shape index (κ1) is 30.0. The number of aromatic nitrogens is 2. The average molecular weight is 638 g/mol. The van der Waals surface area contributed by atoms with E-state index in [0.717, 1.165) is 32.7 Å². The van der Waals surface area contributed by atoms with Gasteiger partial charge in [-0.3, -0.25) is 9.59 Å². The molecule has 2 aliphatic heterocycles. The largest absolute Gasteiger partial charge is 0.466 e. The van der Waals surface area contributed by atoms with Gasteiger partial charge in [0.2, 0.25) is 5.91 Å². The van der Waals surface area contributed by atoms with Crippen LogP contribution < -0.4 is 4.74 Å². The van der Waals surface area contributed by atoms with Crippen molar-refractivity contribution in [1.29, 1.82) is 0 Å². The van der Waals surface area contributed by atoms with Crippen molar-refractivity contribution in [3.05, 3.63) is 87.2 Å². The van der Waals surface area contributed by atoms with Crippen molar-refractivity contribution in [2.24, 2.45) is 0 Å². The number of carbonyl (C=O) groups excluding carboxylic acids is 2. The number of amides is 2. The van der Waals surface area contributed by atoms with Gasteiger partial charge >= 0.3 is 0 Å². The molecular formula is C32H37BrN4O5. The van der Waals surface area contributed by atoms with E-state index in [2.05, 4.69) is 61.5 Å². The van der Waals surface area contributed by atoms with Crippen LogP contribution in [0.15, 0.2) is 53.5 Å². The number of nitrogens with zero attached hydrogens (tertiary/aromatic N) is 4. The van der Waals surface area contributed by atoms with Crippen molar-refractivity contribution in [1.82, 2.24) is 19.6 Å². The Bertz CT molecular complexity index is 1500. The van der Waals surface area contributed by atoms with Crippen LogP contribution in [0.4, 0.5) is 0 Å². The summed E-state index contributed by atoms with van der Waals surface area (Å²) in [6.07, 6.45) is 1.92. The fourth-order valence-electron chi connectivity index (χ4n) is 5.70. The maximum Gasteiger partial charge on any atom is 0.254 e. The summed E-state index contributed by atoms with van der Waals surface area (Å²) in [6.45, 7) is 12.0. The van der Waals surface area contributed by atoms with Crippen LogP contribution in [-0.2, 0) is 27.3 Å². The van der Waals surface area contributed by atoms with Crippen LogP contribution in [-0.4, -0.2) is 71.5 Å². The molecule has 0 radical (unpaired) electrons. The Balaban J connectivity index is 1.60. The molecule has 0 spiro atoms. The van der Waals surface area contributed by atoms with Crippen molar-refractivity contribution >= 4 is 27.7 Å². The van der Waals surface area contributed by atoms with E-state index in [9.17, 15) is 9.59 Å². The first-order valence-corrected chi connectivity index (χ1v) is 15.0. The van der Waals surface area contributed by atoms with Gasteiger partial charge in [-0.2, -0.15) is 5.10 Å². The Morgan fingerprint density at radius 1 is 1.21 bits per heavy atom. The number of ether oxygens (including phenoxy) is 3. The second-order valence-electron chi connectivity index (χ2n) is 10.9. The first-order valence-electron chi connectivity index (χ1n) is 14.2. The van der Waals surface area contributed by atoms with Crippen molar-refractivity contribution in [2.75, 3.05) is 40.1 Å². The number of carbonyl (C=O) groups is 2. The van der Waals surface area contributed by atoms with Gasteiger partial charge in [-0.25, -0.2) is 4.68 Å². The standard InChI is InChI=1S/C32H37BrN4O5/c1-6-30(38)35-13-14-41-18-25-31-27(37(34-25)26-10-8-22(20(2)3)15-21(26)4)11-12-36(28(31)17-35)32(39)23-7-9-24(33)29(16-23)42-19-40-5/h6-10,15-16,20,28H,1,11-14,17-19H2,2-5H3. The maximum atomic E-state index is 14.2. The van der Waals surface area contributed by atoms with Crippen molar-refractivity contribution in [2.45, 2.75) is 45.8 Å². The fourth-order valence-corrected chi connectivity index (χ4v) is 6.06. The number of halogens is 1. The number of hydrogen-bond donors (Lipinski definition) is 0. The number of hydrogen-bond acceptors (Lipinski definition) is 6. The third-order valence-electron chi connectivity index (χ3n) is 7.91. The van der Waals surface area contributed by atoms with E-state index in [1.165, 1.54) is 11.6 Å². The molecule has 2 aliphatic rings. The molecule has 3 heterocycles. The molecular weight excluding hydrogens is 600 g/mol. The summed E-state index contributed by atoms with van der Waals surface area (Å²) < 4.78 is 19.5. The summed E-state index contributed by atoms with van der Waals surface area (Å²) in [5, 5.41) is 5.07. The molecule has 0 N–H and O–H groups in total. The summed E-state index contributed by atoms with van der Waals surface area (Å²) in [6, 6.07) is 11.4. The zero-order valence-electron chi connectivity index (χ0n) is 24.6. The van der Waals surface area contributed by atoms with E-state index in [1.807, 2.05) is 9.58 Å². The normalized spacial score (nSPS) is 16.9. The molecule has 2 amide bonds. The molecule has 0 bridgehead atoms. The Morgan fingerprint density at radius 3 is 2.74 bits per heavy atom. The predicted molar refractivity (Wildman–Crippen MR) is 163 cm³/mol. The maximum absolute atomic E-state index is 14.2. The first-order chi connectivity index (χ1) is 20.2. The number of aryl methyl sites for hydroxylation is 1. The molecule has 1 atom stereocenters.